The number of nitrogens with one attached hydrogen (secondary N) is 2. The number of aromatic nitrogens is 3. The molecule has 3 amide bonds. The van der Waals surface area contributed by atoms with Crippen molar-refractivity contribution in [3.63, 3.8) is 0 Å². The Labute approximate surface area is 127 Å². The molecular formula is C13H19N5O2S. The summed E-state index contributed by atoms with van der Waals surface area (Å²) in [4.78, 5) is 23.0. The number of nitrogens with zero attached hydrogens (tertiary/aromatic N) is 3. The SMILES string of the molecule is C=CCn1c(SC(C)C(=O)NC(=O)NC)nnc1C1CC1. The lowest BCUT2D eigenvalue weighted by atomic mass is 10.4. The smallest absolute Gasteiger partial charge is 0.321 e. The summed E-state index contributed by atoms with van der Waals surface area (Å²) in [6.07, 6.45) is 4.05. The standard InChI is InChI=1S/C13H19N5O2S/c1-4-7-18-10(9-5-6-9)16-17-13(18)21-8(2)11(19)15-12(20)14-3/h4,8-9H,1,5-7H2,2-3H3,(H2,14,15,19,20). The van der Waals surface area contributed by atoms with Gasteiger partial charge in [-0.3, -0.25) is 10.1 Å². The van der Waals surface area contributed by atoms with E-state index in [-0.39, 0.29) is 5.91 Å². The second kappa shape index (κ2) is 6.75. The molecular weight excluding hydrogens is 290 g/mol. The van der Waals surface area contributed by atoms with Crippen molar-refractivity contribution in [1.82, 2.24) is 25.4 Å². The van der Waals surface area contributed by atoms with Crippen LogP contribution in [0, 0.1) is 0 Å². The molecule has 1 aromatic heterocycles. The van der Waals surface area contributed by atoms with Crippen LogP contribution < -0.4 is 10.6 Å². The Morgan fingerprint density at radius 2 is 2.24 bits per heavy atom. The van der Waals surface area contributed by atoms with E-state index >= 15 is 0 Å². The number of amides is 3. The van der Waals surface area contributed by atoms with E-state index in [4.69, 9.17) is 0 Å². The summed E-state index contributed by atoms with van der Waals surface area (Å²) in [7, 11) is 1.46. The number of thioether (sulfide) groups is 1. The maximum absolute atomic E-state index is 11.9. The van der Waals surface area contributed by atoms with E-state index in [9.17, 15) is 9.59 Å². The van der Waals surface area contributed by atoms with Gasteiger partial charge in [0.1, 0.15) is 5.82 Å². The summed E-state index contributed by atoms with van der Waals surface area (Å²) >= 11 is 1.29. The Hall–Kier alpha value is -1.83. The second-order valence-electron chi connectivity index (χ2n) is 4.84. The molecule has 2 rings (SSSR count). The lowest BCUT2D eigenvalue weighted by molar-refractivity contribution is -0.119. The van der Waals surface area contributed by atoms with E-state index in [2.05, 4.69) is 27.4 Å². The number of carbonyl (C=O) groups excluding carboxylic acids is 2. The first-order chi connectivity index (χ1) is 10.1. The van der Waals surface area contributed by atoms with E-state index in [0.29, 0.717) is 17.6 Å². The zero-order valence-corrected chi connectivity index (χ0v) is 12.9. The van der Waals surface area contributed by atoms with E-state index in [1.165, 1.54) is 18.8 Å². The van der Waals surface area contributed by atoms with Crippen molar-refractivity contribution in [1.29, 1.82) is 0 Å². The Morgan fingerprint density at radius 1 is 1.52 bits per heavy atom. The summed E-state index contributed by atoms with van der Waals surface area (Å²) < 4.78 is 1.99. The van der Waals surface area contributed by atoms with E-state index < -0.39 is 11.3 Å². The van der Waals surface area contributed by atoms with Gasteiger partial charge in [0, 0.05) is 19.5 Å². The minimum atomic E-state index is -0.515. The Balaban J connectivity index is 2.06. The highest BCUT2D eigenvalue weighted by Gasteiger charge is 2.31. The molecule has 0 aromatic carbocycles. The van der Waals surface area contributed by atoms with Crippen LogP contribution in [0.5, 0.6) is 0 Å². The lowest BCUT2D eigenvalue weighted by Gasteiger charge is -2.11. The number of hydrogen-bond acceptors (Lipinski definition) is 5. The first-order valence-electron chi connectivity index (χ1n) is 6.80. The van der Waals surface area contributed by atoms with Gasteiger partial charge in [-0.2, -0.15) is 0 Å². The minimum Gasteiger partial charge on any atom is -0.341 e. The molecule has 1 saturated carbocycles. The highest BCUT2D eigenvalue weighted by atomic mass is 32.2. The summed E-state index contributed by atoms with van der Waals surface area (Å²) in [6.45, 7) is 6.09. The summed E-state index contributed by atoms with van der Waals surface area (Å²) in [5, 5.41) is 13.2. The number of imide groups is 1. The van der Waals surface area contributed by atoms with Gasteiger partial charge >= 0.3 is 6.03 Å². The summed E-state index contributed by atoms with van der Waals surface area (Å²) in [6, 6.07) is -0.515. The third-order valence-corrected chi connectivity index (χ3v) is 4.20. The van der Waals surface area contributed by atoms with Gasteiger partial charge < -0.3 is 9.88 Å². The van der Waals surface area contributed by atoms with E-state index in [0.717, 1.165) is 18.7 Å². The predicted molar refractivity (Wildman–Crippen MR) is 80.1 cm³/mol. The molecule has 0 radical (unpaired) electrons. The fourth-order valence-corrected chi connectivity index (χ4v) is 2.68. The van der Waals surface area contributed by atoms with Crippen LogP contribution in [0.3, 0.4) is 0 Å². The number of hydrogen-bond donors (Lipinski definition) is 2. The maximum atomic E-state index is 11.9. The molecule has 1 atom stereocenters. The van der Waals surface area contributed by atoms with E-state index in [1.54, 1.807) is 13.0 Å². The Morgan fingerprint density at radius 3 is 2.81 bits per heavy atom. The maximum Gasteiger partial charge on any atom is 0.321 e. The van der Waals surface area contributed by atoms with Gasteiger partial charge in [0.05, 0.1) is 5.25 Å². The monoisotopic (exact) mass is 309 g/mol. The quantitative estimate of drug-likeness (QED) is 0.610. The Kier molecular flexibility index (Phi) is 5.00. The molecule has 0 bridgehead atoms. The fraction of sp³-hybridized carbons (Fsp3) is 0.538. The van der Waals surface area contributed by atoms with Crippen LogP contribution in [-0.2, 0) is 11.3 Å². The topological polar surface area (TPSA) is 88.9 Å². The van der Waals surface area contributed by atoms with Crippen molar-refractivity contribution in [3.8, 4) is 0 Å². The molecule has 1 unspecified atom stereocenters. The molecule has 21 heavy (non-hydrogen) atoms. The largest absolute Gasteiger partial charge is 0.341 e. The van der Waals surface area contributed by atoms with Crippen LogP contribution >= 0.6 is 11.8 Å². The number of carbonyl (C=O) groups is 2. The van der Waals surface area contributed by atoms with Crippen molar-refractivity contribution in [2.75, 3.05) is 7.05 Å². The van der Waals surface area contributed by atoms with Crippen LogP contribution in [0.1, 0.15) is 31.5 Å². The van der Waals surface area contributed by atoms with Gasteiger partial charge in [-0.05, 0) is 19.8 Å². The number of allylic oxidation sites excluding steroid dienone is 1. The molecule has 0 spiro atoms. The third-order valence-electron chi connectivity index (χ3n) is 3.11. The summed E-state index contributed by atoms with van der Waals surface area (Å²) in [5.74, 6) is 1.07. The first kappa shape index (κ1) is 15.6. The minimum absolute atomic E-state index is 0.361. The van der Waals surface area contributed by atoms with Crippen molar-refractivity contribution in [2.24, 2.45) is 0 Å². The van der Waals surface area contributed by atoms with Crippen LogP contribution in [-0.4, -0.2) is 39.0 Å². The number of rotatable bonds is 6. The van der Waals surface area contributed by atoms with Gasteiger partial charge in [-0.25, -0.2) is 4.79 Å². The average Bonchev–Trinajstić information content (AvgIpc) is 3.23. The predicted octanol–water partition coefficient (Wildman–Crippen LogP) is 1.28. The molecule has 114 valence electrons. The second-order valence-corrected chi connectivity index (χ2v) is 6.15. The van der Waals surface area contributed by atoms with Crippen LogP contribution in [0.25, 0.3) is 0 Å². The van der Waals surface area contributed by atoms with Crippen LogP contribution in [0.2, 0.25) is 0 Å². The van der Waals surface area contributed by atoms with Crippen LogP contribution in [0.4, 0.5) is 4.79 Å². The zero-order chi connectivity index (χ0) is 15.4. The highest BCUT2D eigenvalue weighted by molar-refractivity contribution is 8.00. The Bertz CT molecular complexity index is 553. The molecule has 2 N–H and O–H groups in total. The summed E-state index contributed by atoms with van der Waals surface area (Å²) in [5.41, 5.74) is 0. The van der Waals surface area contributed by atoms with Crippen molar-refractivity contribution >= 4 is 23.7 Å². The van der Waals surface area contributed by atoms with Gasteiger partial charge in [0.2, 0.25) is 5.91 Å². The molecule has 1 fully saturated rings. The molecule has 1 aliphatic rings. The van der Waals surface area contributed by atoms with E-state index in [1.807, 2.05) is 4.57 Å². The van der Waals surface area contributed by atoms with Crippen molar-refractivity contribution < 1.29 is 9.59 Å². The first-order valence-corrected chi connectivity index (χ1v) is 7.68. The molecule has 7 nitrogen and oxygen atoms in total. The third kappa shape index (κ3) is 3.84. The molecule has 1 heterocycles. The molecule has 1 aliphatic carbocycles. The highest BCUT2D eigenvalue weighted by Crippen LogP contribution is 2.40. The lowest BCUT2D eigenvalue weighted by Crippen LogP contribution is -2.41. The van der Waals surface area contributed by atoms with Crippen molar-refractivity contribution in [3.05, 3.63) is 18.5 Å². The molecule has 0 aliphatic heterocycles. The molecule has 1 aromatic rings. The normalized spacial score (nSPS) is 15.3. The molecule has 8 heteroatoms. The number of urea groups is 1. The van der Waals surface area contributed by atoms with Gasteiger partial charge in [-0.15, -0.1) is 16.8 Å². The van der Waals surface area contributed by atoms with Crippen molar-refractivity contribution in [2.45, 2.75) is 42.6 Å². The van der Waals surface area contributed by atoms with Gasteiger partial charge in [0.25, 0.3) is 0 Å². The van der Waals surface area contributed by atoms with Gasteiger partial charge in [-0.1, -0.05) is 17.8 Å². The average molecular weight is 309 g/mol. The molecule has 0 saturated heterocycles. The van der Waals surface area contributed by atoms with Gasteiger partial charge in [0.15, 0.2) is 5.16 Å². The fourth-order valence-electron chi connectivity index (χ4n) is 1.82. The zero-order valence-electron chi connectivity index (χ0n) is 12.1. The van der Waals surface area contributed by atoms with Crippen LogP contribution in [0.15, 0.2) is 17.8 Å².